The van der Waals surface area contributed by atoms with Crippen LogP contribution >= 0.6 is 12.2 Å². The monoisotopic (exact) mass is 353 g/mol. The third-order valence-corrected chi connectivity index (χ3v) is 6.24. The SMILES string of the molecule is CC(=C/c1ccccc1)/C=N/NC(=S)NC12CC3CC(CC(C3)C1)C2. The summed E-state index contributed by atoms with van der Waals surface area (Å²) in [7, 11) is 0. The maximum atomic E-state index is 5.52. The maximum absolute atomic E-state index is 5.52. The van der Waals surface area contributed by atoms with E-state index < -0.39 is 0 Å². The molecule has 0 aliphatic heterocycles. The first-order chi connectivity index (χ1) is 12.1. The Morgan fingerprint density at radius 3 is 2.28 bits per heavy atom. The fourth-order valence-electron chi connectivity index (χ4n) is 5.57. The van der Waals surface area contributed by atoms with Crippen LogP contribution in [0.3, 0.4) is 0 Å². The van der Waals surface area contributed by atoms with E-state index in [1.165, 1.54) is 44.1 Å². The molecule has 4 aliphatic carbocycles. The molecule has 4 saturated carbocycles. The number of hydrazone groups is 1. The Bertz CT molecular complexity index is 657. The van der Waals surface area contributed by atoms with Crippen molar-refractivity contribution in [3.8, 4) is 0 Å². The van der Waals surface area contributed by atoms with E-state index in [9.17, 15) is 0 Å². The van der Waals surface area contributed by atoms with Gasteiger partial charge < -0.3 is 5.32 Å². The van der Waals surface area contributed by atoms with Crippen LogP contribution in [0.15, 0.2) is 41.0 Å². The molecular formula is C21H27N3S. The molecule has 1 aromatic rings. The van der Waals surface area contributed by atoms with Gasteiger partial charge in [-0.2, -0.15) is 5.10 Å². The number of rotatable bonds is 4. The molecule has 4 bridgehead atoms. The normalized spacial score (nSPS) is 33.6. The maximum Gasteiger partial charge on any atom is 0.187 e. The highest BCUT2D eigenvalue weighted by Gasteiger charge is 2.51. The zero-order valence-electron chi connectivity index (χ0n) is 14.9. The van der Waals surface area contributed by atoms with E-state index in [-0.39, 0.29) is 5.54 Å². The first-order valence-electron chi connectivity index (χ1n) is 9.45. The van der Waals surface area contributed by atoms with Gasteiger partial charge in [-0.3, -0.25) is 5.43 Å². The fraction of sp³-hybridized carbons (Fsp3) is 0.524. The summed E-state index contributed by atoms with van der Waals surface area (Å²) in [6.45, 7) is 2.05. The predicted octanol–water partition coefficient (Wildman–Crippen LogP) is 4.51. The third kappa shape index (κ3) is 3.95. The predicted molar refractivity (Wildman–Crippen MR) is 108 cm³/mol. The number of thiocarbonyl (C=S) groups is 1. The van der Waals surface area contributed by atoms with Crippen molar-refractivity contribution in [2.45, 2.75) is 51.0 Å². The Kier molecular flexibility index (Phi) is 4.63. The van der Waals surface area contributed by atoms with Crippen molar-refractivity contribution in [1.82, 2.24) is 10.7 Å². The van der Waals surface area contributed by atoms with E-state index in [1.807, 2.05) is 31.3 Å². The highest BCUT2D eigenvalue weighted by Crippen LogP contribution is 2.55. The topological polar surface area (TPSA) is 36.4 Å². The Labute approximate surface area is 156 Å². The van der Waals surface area contributed by atoms with Crippen molar-refractivity contribution >= 4 is 29.6 Å². The summed E-state index contributed by atoms with van der Waals surface area (Å²) in [6.07, 6.45) is 12.2. The lowest BCUT2D eigenvalue weighted by atomic mass is 9.53. The largest absolute Gasteiger partial charge is 0.356 e. The van der Waals surface area contributed by atoms with Gasteiger partial charge in [-0.15, -0.1) is 0 Å². The van der Waals surface area contributed by atoms with Gasteiger partial charge in [-0.1, -0.05) is 36.4 Å². The molecule has 0 atom stereocenters. The summed E-state index contributed by atoms with van der Waals surface area (Å²) < 4.78 is 0. The zero-order chi connectivity index (χ0) is 17.3. The van der Waals surface area contributed by atoms with Crippen molar-refractivity contribution < 1.29 is 0 Å². The number of benzene rings is 1. The molecule has 4 fully saturated rings. The standard InChI is InChI=1S/C21H27N3S/c1-15(7-16-5-3-2-4-6-16)14-22-24-20(25)23-21-11-17-8-18(12-21)10-19(9-17)13-21/h2-7,14,17-19H,8-13H2,1H3,(H2,23,24,25)/b15-7-,22-14+. The summed E-state index contributed by atoms with van der Waals surface area (Å²) >= 11 is 5.52. The minimum atomic E-state index is 0.239. The van der Waals surface area contributed by atoms with Crippen LogP contribution in [0.2, 0.25) is 0 Å². The van der Waals surface area contributed by atoms with Crippen molar-refractivity contribution in [2.24, 2.45) is 22.9 Å². The molecule has 1 aromatic carbocycles. The van der Waals surface area contributed by atoms with Crippen LogP contribution in [-0.4, -0.2) is 16.9 Å². The quantitative estimate of drug-likeness (QED) is 0.475. The first kappa shape index (κ1) is 16.8. The number of hydrogen-bond donors (Lipinski definition) is 2. The molecule has 0 unspecified atom stereocenters. The summed E-state index contributed by atoms with van der Waals surface area (Å²) in [6, 6.07) is 10.3. The Hall–Kier alpha value is -1.68. The fourth-order valence-corrected chi connectivity index (χ4v) is 5.84. The van der Waals surface area contributed by atoms with Gasteiger partial charge in [0.05, 0.1) is 6.21 Å². The van der Waals surface area contributed by atoms with Gasteiger partial charge in [-0.05, 0) is 86.6 Å². The van der Waals surface area contributed by atoms with Crippen LogP contribution in [0.5, 0.6) is 0 Å². The molecule has 132 valence electrons. The molecule has 0 heterocycles. The van der Waals surface area contributed by atoms with Crippen LogP contribution in [-0.2, 0) is 0 Å². The number of hydrogen-bond acceptors (Lipinski definition) is 2. The second kappa shape index (κ2) is 6.91. The van der Waals surface area contributed by atoms with Gasteiger partial charge in [0.1, 0.15) is 0 Å². The van der Waals surface area contributed by atoms with E-state index in [1.54, 1.807) is 0 Å². The van der Waals surface area contributed by atoms with Crippen LogP contribution in [0.25, 0.3) is 6.08 Å². The van der Waals surface area contributed by atoms with Crippen LogP contribution in [0, 0.1) is 17.8 Å². The first-order valence-corrected chi connectivity index (χ1v) is 9.86. The van der Waals surface area contributed by atoms with Gasteiger partial charge in [0, 0.05) is 5.54 Å². The molecule has 3 nitrogen and oxygen atoms in total. The van der Waals surface area contributed by atoms with Crippen LogP contribution in [0.1, 0.15) is 51.0 Å². The smallest absolute Gasteiger partial charge is 0.187 e. The number of allylic oxidation sites excluding steroid dienone is 1. The number of nitrogens with one attached hydrogen (secondary N) is 2. The van der Waals surface area contributed by atoms with Gasteiger partial charge in [0.2, 0.25) is 0 Å². The molecule has 0 radical (unpaired) electrons. The van der Waals surface area contributed by atoms with Gasteiger partial charge in [-0.25, -0.2) is 0 Å². The Morgan fingerprint density at radius 1 is 1.08 bits per heavy atom. The Balaban J connectivity index is 1.31. The Morgan fingerprint density at radius 2 is 1.68 bits per heavy atom. The summed E-state index contributed by atoms with van der Waals surface area (Å²) in [4.78, 5) is 0. The molecule has 2 N–H and O–H groups in total. The minimum Gasteiger partial charge on any atom is -0.356 e. The lowest BCUT2D eigenvalue weighted by Gasteiger charge is -2.57. The molecule has 0 amide bonds. The van der Waals surface area contributed by atoms with E-state index in [0.29, 0.717) is 5.11 Å². The molecule has 0 spiro atoms. The van der Waals surface area contributed by atoms with Crippen molar-refractivity contribution in [3.63, 3.8) is 0 Å². The van der Waals surface area contributed by atoms with Crippen molar-refractivity contribution in [3.05, 3.63) is 41.5 Å². The second-order valence-corrected chi connectivity index (χ2v) is 8.73. The molecule has 25 heavy (non-hydrogen) atoms. The molecule has 0 aromatic heterocycles. The van der Waals surface area contributed by atoms with Gasteiger partial charge in [0.25, 0.3) is 0 Å². The molecule has 4 aliphatic rings. The van der Waals surface area contributed by atoms with Gasteiger partial charge in [0.15, 0.2) is 5.11 Å². The highest BCUT2D eigenvalue weighted by molar-refractivity contribution is 7.80. The number of nitrogens with zero attached hydrogens (tertiary/aromatic N) is 1. The minimum absolute atomic E-state index is 0.239. The van der Waals surface area contributed by atoms with Crippen LogP contribution in [0.4, 0.5) is 0 Å². The second-order valence-electron chi connectivity index (χ2n) is 8.32. The van der Waals surface area contributed by atoms with E-state index >= 15 is 0 Å². The lowest BCUT2D eigenvalue weighted by Crippen LogP contribution is -2.61. The molecule has 4 heteroatoms. The van der Waals surface area contributed by atoms with E-state index in [4.69, 9.17) is 12.2 Å². The molecular weight excluding hydrogens is 326 g/mol. The molecule has 0 saturated heterocycles. The van der Waals surface area contributed by atoms with E-state index in [0.717, 1.165) is 23.3 Å². The van der Waals surface area contributed by atoms with Crippen molar-refractivity contribution in [1.29, 1.82) is 0 Å². The molecule has 5 rings (SSSR count). The highest BCUT2D eigenvalue weighted by atomic mass is 32.1. The lowest BCUT2D eigenvalue weighted by molar-refractivity contribution is -0.0101. The van der Waals surface area contributed by atoms with Gasteiger partial charge >= 0.3 is 0 Å². The van der Waals surface area contributed by atoms with E-state index in [2.05, 4.69) is 34.1 Å². The summed E-state index contributed by atoms with van der Waals surface area (Å²) in [5.41, 5.74) is 5.54. The van der Waals surface area contributed by atoms with Crippen molar-refractivity contribution in [2.75, 3.05) is 0 Å². The third-order valence-electron chi connectivity index (χ3n) is 6.05. The van der Waals surface area contributed by atoms with Crippen LogP contribution < -0.4 is 10.7 Å². The summed E-state index contributed by atoms with van der Waals surface area (Å²) in [5.74, 6) is 2.75. The average Bonchev–Trinajstić information content (AvgIpc) is 2.53. The zero-order valence-corrected chi connectivity index (χ0v) is 15.7. The average molecular weight is 354 g/mol. The summed E-state index contributed by atoms with van der Waals surface area (Å²) in [5, 5.41) is 8.63.